The van der Waals surface area contributed by atoms with Crippen LogP contribution in [0.4, 0.5) is 5.69 Å². The van der Waals surface area contributed by atoms with Crippen molar-refractivity contribution in [2.24, 2.45) is 0 Å². The van der Waals surface area contributed by atoms with Crippen molar-refractivity contribution in [3.63, 3.8) is 0 Å². The van der Waals surface area contributed by atoms with Gasteiger partial charge in [0, 0.05) is 13.1 Å². The van der Waals surface area contributed by atoms with Gasteiger partial charge < -0.3 is 15.0 Å². The number of nitrogens with one attached hydrogen (secondary N) is 1. The molecule has 1 aliphatic heterocycles. The number of para-hydroxylation sites is 2. The van der Waals surface area contributed by atoms with E-state index in [0.717, 1.165) is 37.4 Å². The van der Waals surface area contributed by atoms with E-state index in [1.807, 2.05) is 29.2 Å². The number of anilines is 1. The maximum atomic E-state index is 12.0. The van der Waals surface area contributed by atoms with Crippen molar-refractivity contribution in [3.05, 3.63) is 24.3 Å². The first-order valence-electron chi connectivity index (χ1n) is 6.46. The summed E-state index contributed by atoms with van der Waals surface area (Å²) in [5.74, 6) is 0.935. The number of ether oxygens (including phenoxy) is 1. The Balaban J connectivity index is 1.88. The number of carbonyl (C=O) groups is 1. The van der Waals surface area contributed by atoms with Gasteiger partial charge in [0.1, 0.15) is 5.75 Å². The Bertz CT molecular complexity index is 401. The lowest BCUT2D eigenvalue weighted by Crippen LogP contribution is -2.39. The largest absolute Gasteiger partial charge is 0.495 e. The summed E-state index contributed by atoms with van der Waals surface area (Å²) in [5.41, 5.74) is 0.866. The molecular formula is C14H20N2O2. The fourth-order valence-electron chi connectivity index (χ4n) is 2.22. The average Bonchev–Trinajstić information content (AvgIpc) is 2.46. The number of nitrogens with zero attached hydrogens (tertiary/aromatic N) is 1. The summed E-state index contributed by atoms with van der Waals surface area (Å²) in [5, 5.41) is 3.15. The third kappa shape index (κ3) is 3.15. The lowest BCUT2D eigenvalue weighted by molar-refractivity contribution is -0.130. The van der Waals surface area contributed by atoms with Crippen molar-refractivity contribution in [3.8, 4) is 5.75 Å². The Morgan fingerprint density at radius 3 is 2.72 bits per heavy atom. The van der Waals surface area contributed by atoms with Gasteiger partial charge in [-0.25, -0.2) is 0 Å². The maximum absolute atomic E-state index is 12.0. The van der Waals surface area contributed by atoms with Gasteiger partial charge in [0.15, 0.2) is 0 Å². The number of carbonyl (C=O) groups excluding carboxylic acids is 1. The monoisotopic (exact) mass is 248 g/mol. The second kappa shape index (κ2) is 6.28. The third-order valence-corrected chi connectivity index (χ3v) is 3.25. The smallest absolute Gasteiger partial charge is 0.241 e. The number of benzene rings is 1. The number of piperidine rings is 1. The van der Waals surface area contributed by atoms with Crippen molar-refractivity contribution >= 4 is 11.6 Å². The van der Waals surface area contributed by atoms with Gasteiger partial charge in [-0.05, 0) is 31.4 Å². The van der Waals surface area contributed by atoms with E-state index in [9.17, 15) is 4.79 Å². The normalized spacial score (nSPS) is 15.3. The van der Waals surface area contributed by atoms with E-state index in [2.05, 4.69) is 5.32 Å². The maximum Gasteiger partial charge on any atom is 0.241 e. The summed E-state index contributed by atoms with van der Waals surface area (Å²) < 4.78 is 5.24. The Morgan fingerprint density at radius 1 is 1.28 bits per heavy atom. The molecule has 1 aromatic rings. The molecule has 0 bridgehead atoms. The van der Waals surface area contributed by atoms with Crippen LogP contribution in [0.5, 0.6) is 5.75 Å². The van der Waals surface area contributed by atoms with Crippen LogP contribution in [0.1, 0.15) is 19.3 Å². The van der Waals surface area contributed by atoms with Gasteiger partial charge in [-0.1, -0.05) is 12.1 Å². The predicted octanol–water partition coefficient (Wildman–Crippen LogP) is 2.12. The zero-order chi connectivity index (χ0) is 12.8. The fraction of sp³-hybridized carbons (Fsp3) is 0.500. The minimum atomic E-state index is 0.167. The summed E-state index contributed by atoms with van der Waals surface area (Å²) in [6, 6.07) is 7.64. The van der Waals surface area contributed by atoms with E-state index < -0.39 is 0 Å². The molecule has 1 saturated heterocycles. The van der Waals surface area contributed by atoms with Crippen molar-refractivity contribution in [1.82, 2.24) is 4.90 Å². The van der Waals surface area contributed by atoms with Crippen LogP contribution >= 0.6 is 0 Å². The molecule has 2 rings (SSSR count). The molecule has 0 unspecified atom stereocenters. The van der Waals surface area contributed by atoms with Crippen LogP contribution in [-0.2, 0) is 4.79 Å². The Labute approximate surface area is 108 Å². The van der Waals surface area contributed by atoms with Gasteiger partial charge in [0.05, 0.1) is 19.3 Å². The highest BCUT2D eigenvalue weighted by molar-refractivity contribution is 5.81. The third-order valence-electron chi connectivity index (χ3n) is 3.25. The summed E-state index contributed by atoms with van der Waals surface area (Å²) in [6.45, 7) is 2.12. The van der Waals surface area contributed by atoms with Crippen molar-refractivity contribution in [2.75, 3.05) is 32.1 Å². The zero-order valence-corrected chi connectivity index (χ0v) is 10.8. The number of likely N-dealkylation sites (tertiary alicyclic amines) is 1. The van der Waals surface area contributed by atoms with Gasteiger partial charge in [-0.2, -0.15) is 0 Å². The molecule has 1 N–H and O–H groups in total. The molecule has 1 heterocycles. The van der Waals surface area contributed by atoms with Crippen molar-refractivity contribution in [1.29, 1.82) is 0 Å². The molecule has 0 aliphatic carbocycles. The van der Waals surface area contributed by atoms with Crippen LogP contribution in [0.2, 0.25) is 0 Å². The first-order chi connectivity index (χ1) is 8.81. The molecular weight excluding hydrogens is 228 g/mol. The predicted molar refractivity (Wildman–Crippen MR) is 71.9 cm³/mol. The molecule has 0 aromatic heterocycles. The van der Waals surface area contributed by atoms with E-state index in [1.54, 1.807) is 7.11 Å². The molecule has 0 radical (unpaired) electrons. The highest BCUT2D eigenvalue weighted by Gasteiger charge is 2.16. The Hall–Kier alpha value is -1.71. The molecule has 1 aliphatic rings. The summed E-state index contributed by atoms with van der Waals surface area (Å²) >= 11 is 0. The molecule has 1 aromatic carbocycles. The average molecular weight is 248 g/mol. The van der Waals surface area contributed by atoms with E-state index >= 15 is 0 Å². The van der Waals surface area contributed by atoms with Gasteiger partial charge in [0.2, 0.25) is 5.91 Å². The van der Waals surface area contributed by atoms with Crippen LogP contribution in [0.25, 0.3) is 0 Å². The topological polar surface area (TPSA) is 41.6 Å². The molecule has 0 saturated carbocycles. The molecule has 0 spiro atoms. The van der Waals surface area contributed by atoms with Crippen LogP contribution in [0, 0.1) is 0 Å². The van der Waals surface area contributed by atoms with Crippen LogP contribution < -0.4 is 10.1 Å². The van der Waals surface area contributed by atoms with Gasteiger partial charge in [-0.3, -0.25) is 4.79 Å². The second-order valence-electron chi connectivity index (χ2n) is 4.50. The molecule has 4 heteroatoms. The first-order valence-corrected chi connectivity index (χ1v) is 6.46. The highest BCUT2D eigenvalue weighted by atomic mass is 16.5. The highest BCUT2D eigenvalue weighted by Crippen LogP contribution is 2.22. The van der Waals surface area contributed by atoms with E-state index in [1.165, 1.54) is 6.42 Å². The molecule has 0 atom stereocenters. The molecule has 1 fully saturated rings. The van der Waals surface area contributed by atoms with Crippen LogP contribution in [0.3, 0.4) is 0 Å². The van der Waals surface area contributed by atoms with Crippen molar-refractivity contribution in [2.45, 2.75) is 19.3 Å². The Kier molecular flexibility index (Phi) is 4.45. The molecule has 4 nitrogen and oxygen atoms in total. The standard InChI is InChI=1S/C14H20N2O2/c1-18-13-8-4-3-7-12(13)15-11-14(17)16-9-5-2-6-10-16/h3-4,7-8,15H,2,5-6,9-11H2,1H3. The van der Waals surface area contributed by atoms with Crippen molar-refractivity contribution < 1.29 is 9.53 Å². The summed E-state index contributed by atoms with van der Waals surface area (Å²) in [4.78, 5) is 13.9. The summed E-state index contributed by atoms with van der Waals surface area (Å²) in [7, 11) is 1.63. The van der Waals surface area contributed by atoms with Crippen LogP contribution in [0.15, 0.2) is 24.3 Å². The van der Waals surface area contributed by atoms with Gasteiger partial charge >= 0.3 is 0 Å². The number of methoxy groups -OCH3 is 1. The molecule has 98 valence electrons. The zero-order valence-electron chi connectivity index (χ0n) is 10.8. The van der Waals surface area contributed by atoms with Gasteiger partial charge in [0.25, 0.3) is 0 Å². The quantitative estimate of drug-likeness (QED) is 0.887. The second-order valence-corrected chi connectivity index (χ2v) is 4.50. The molecule has 1 amide bonds. The van der Waals surface area contributed by atoms with E-state index in [4.69, 9.17) is 4.74 Å². The minimum Gasteiger partial charge on any atom is -0.495 e. The lowest BCUT2D eigenvalue weighted by atomic mass is 10.1. The number of hydrogen-bond acceptors (Lipinski definition) is 3. The summed E-state index contributed by atoms with van der Waals surface area (Å²) in [6.07, 6.45) is 3.49. The number of rotatable bonds is 4. The Morgan fingerprint density at radius 2 is 2.00 bits per heavy atom. The number of hydrogen-bond donors (Lipinski definition) is 1. The number of amides is 1. The van der Waals surface area contributed by atoms with E-state index in [0.29, 0.717) is 6.54 Å². The first kappa shape index (κ1) is 12.7. The minimum absolute atomic E-state index is 0.167. The van der Waals surface area contributed by atoms with Gasteiger partial charge in [-0.15, -0.1) is 0 Å². The van der Waals surface area contributed by atoms with Crippen LogP contribution in [-0.4, -0.2) is 37.6 Å². The lowest BCUT2D eigenvalue weighted by Gasteiger charge is -2.27. The van der Waals surface area contributed by atoms with E-state index in [-0.39, 0.29) is 5.91 Å². The fourth-order valence-corrected chi connectivity index (χ4v) is 2.22. The molecule has 18 heavy (non-hydrogen) atoms. The SMILES string of the molecule is COc1ccccc1NCC(=O)N1CCCCC1.